The topological polar surface area (TPSA) is 27.1 Å². The number of hydrogen-bond donors (Lipinski definition) is 1. The van der Waals surface area contributed by atoms with E-state index in [4.69, 9.17) is 5.41 Å². The molecule has 0 atom stereocenters. The number of amidine groups is 1. The molecule has 0 saturated heterocycles. The van der Waals surface area contributed by atoms with Crippen molar-refractivity contribution < 1.29 is 0 Å². The monoisotopic (exact) mass is 182 g/mol. The third-order valence-corrected chi connectivity index (χ3v) is 2.58. The smallest absolute Gasteiger partial charge is 0.101 e. The Hall–Kier alpha value is -0.530. The maximum absolute atomic E-state index is 8.04. The molecule has 0 heterocycles. The van der Waals surface area contributed by atoms with E-state index in [1.165, 1.54) is 12.8 Å². The van der Waals surface area contributed by atoms with Crippen molar-refractivity contribution in [2.45, 2.75) is 40.5 Å². The molecule has 2 nitrogen and oxygen atoms in total. The quantitative estimate of drug-likeness (QED) is 0.527. The zero-order valence-corrected chi connectivity index (χ0v) is 9.35. The lowest BCUT2D eigenvalue weighted by Crippen LogP contribution is -2.39. The Morgan fingerprint density at radius 1 is 1.38 bits per heavy atom. The molecular weight excluding hydrogens is 160 g/mol. The van der Waals surface area contributed by atoms with Crippen molar-refractivity contribution in [2.24, 2.45) is 11.3 Å². The molecule has 76 valence electrons. The predicted molar refractivity (Wildman–Crippen MR) is 57.2 cm³/mol. The first kappa shape index (κ1) is 10.6. The third kappa shape index (κ3) is 3.02. The number of rotatable bonds is 3. The lowest BCUT2D eigenvalue weighted by molar-refractivity contribution is 0.367. The number of nitrogens with one attached hydrogen (secondary N) is 1. The van der Waals surface area contributed by atoms with Crippen molar-refractivity contribution in [3.8, 4) is 0 Å². The highest BCUT2D eigenvalue weighted by molar-refractivity contribution is 5.84. The van der Waals surface area contributed by atoms with Crippen LogP contribution < -0.4 is 0 Å². The van der Waals surface area contributed by atoms with Gasteiger partial charge in [0.25, 0.3) is 0 Å². The van der Waals surface area contributed by atoms with Gasteiger partial charge in [0, 0.05) is 18.5 Å². The van der Waals surface area contributed by atoms with Crippen molar-refractivity contribution >= 4 is 5.84 Å². The van der Waals surface area contributed by atoms with Crippen LogP contribution in [0.5, 0.6) is 0 Å². The fourth-order valence-corrected chi connectivity index (χ4v) is 1.46. The molecule has 1 N–H and O–H groups in total. The van der Waals surface area contributed by atoms with Gasteiger partial charge in [0.1, 0.15) is 5.84 Å². The van der Waals surface area contributed by atoms with Crippen molar-refractivity contribution in [3.05, 3.63) is 0 Å². The Morgan fingerprint density at radius 2 is 1.92 bits per heavy atom. The van der Waals surface area contributed by atoms with Gasteiger partial charge in [0.15, 0.2) is 0 Å². The van der Waals surface area contributed by atoms with Gasteiger partial charge in [-0.15, -0.1) is 0 Å². The molecule has 0 aromatic heterocycles. The van der Waals surface area contributed by atoms with Gasteiger partial charge in [-0.05, 0) is 25.7 Å². The minimum Gasteiger partial charge on any atom is -0.360 e. The van der Waals surface area contributed by atoms with Gasteiger partial charge in [-0.1, -0.05) is 20.8 Å². The van der Waals surface area contributed by atoms with E-state index >= 15 is 0 Å². The minimum atomic E-state index is 0.00486. The van der Waals surface area contributed by atoms with Gasteiger partial charge >= 0.3 is 0 Å². The first-order valence-electron chi connectivity index (χ1n) is 5.29. The van der Waals surface area contributed by atoms with Crippen LogP contribution in [0.4, 0.5) is 0 Å². The van der Waals surface area contributed by atoms with E-state index in [0.29, 0.717) is 0 Å². The molecule has 1 saturated carbocycles. The van der Waals surface area contributed by atoms with Gasteiger partial charge in [0.2, 0.25) is 0 Å². The van der Waals surface area contributed by atoms with E-state index in [9.17, 15) is 0 Å². The standard InChI is InChI=1S/C11H22N2/c1-5-13(8-9-6-7-9)10(12)11(2,3)4/h9,12H,5-8H2,1-4H3. The summed E-state index contributed by atoms with van der Waals surface area (Å²) in [6, 6.07) is 0. The summed E-state index contributed by atoms with van der Waals surface area (Å²) in [6.07, 6.45) is 2.74. The first-order chi connectivity index (χ1) is 5.95. The van der Waals surface area contributed by atoms with Crippen molar-refractivity contribution in [3.63, 3.8) is 0 Å². The van der Waals surface area contributed by atoms with Crippen LogP contribution in [0.25, 0.3) is 0 Å². The molecule has 0 aromatic carbocycles. The van der Waals surface area contributed by atoms with E-state index in [2.05, 4.69) is 32.6 Å². The molecule has 0 bridgehead atoms. The van der Waals surface area contributed by atoms with E-state index in [1.54, 1.807) is 0 Å². The second-order valence-corrected chi connectivity index (χ2v) is 5.08. The van der Waals surface area contributed by atoms with Gasteiger partial charge in [-0.2, -0.15) is 0 Å². The molecular formula is C11H22N2. The fourth-order valence-electron chi connectivity index (χ4n) is 1.46. The van der Waals surface area contributed by atoms with Crippen LogP contribution in [0, 0.1) is 16.7 Å². The molecule has 0 radical (unpaired) electrons. The number of hydrogen-bond acceptors (Lipinski definition) is 1. The molecule has 1 aliphatic carbocycles. The molecule has 0 spiro atoms. The Kier molecular flexibility index (Phi) is 2.99. The Morgan fingerprint density at radius 3 is 2.23 bits per heavy atom. The first-order valence-corrected chi connectivity index (χ1v) is 5.29. The molecule has 1 fully saturated rings. The maximum atomic E-state index is 8.04. The Bertz CT molecular complexity index is 187. The molecule has 13 heavy (non-hydrogen) atoms. The predicted octanol–water partition coefficient (Wildman–Crippen LogP) is 2.74. The molecule has 0 aromatic rings. The summed E-state index contributed by atoms with van der Waals surface area (Å²) < 4.78 is 0. The maximum Gasteiger partial charge on any atom is 0.101 e. The lowest BCUT2D eigenvalue weighted by Gasteiger charge is -2.31. The summed E-state index contributed by atoms with van der Waals surface area (Å²) in [6.45, 7) is 10.6. The average Bonchev–Trinajstić information content (AvgIpc) is 2.80. The zero-order valence-electron chi connectivity index (χ0n) is 9.35. The SMILES string of the molecule is CCN(CC1CC1)C(=N)C(C)(C)C. The van der Waals surface area contributed by atoms with E-state index in [0.717, 1.165) is 24.8 Å². The van der Waals surface area contributed by atoms with Crippen molar-refractivity contribution in [1.29, 1.82) is 5.41 Å². The molecule has 0 unspecified atom stereocenters. The van der Waals surface area contributed by atoms with Crippen LogP contribution in [0.2, 0.25) is 0 Å². The summed E-state index contributed by atoms with van der Waals surface area (Å²) in [5.74, 6) is 1.67. The highest BCUT2D eigenvalue weighted by Gasteiger charge is 2.28. The summed E-state index contributed by atoms with van der Waals surface area (Å²) in [5.41, 5.74) is 0.00486. The van der Waals surface area contributed by atoms with Crippen LogP contribution in [-0.4, -0.2) is 23.8 Å². The van der Waals surface area contributed by atoms with Crippen LogP contribution in [0.3, 0.4) is 0 Å². The van der Waals surface area contributed by atoms with Crippen LogP contribution in [-0.2, 0) is 0 Å². The molecule has 1 aliphatic rings. The third-order valence-electron chi connectivity index (χ3n) is 2.58. The highest BCUT2D eigenvalue weighted by atomic mass is 15.2. The van der Waals surface area contributed by atoms with E-state index in [-0.39, 0.29) is 5.41 Å². The van der Waals surface area contributed by atoms with Crippen LogP contribution in [0.1, 0.15) is 40.5 Å². The van der Waals surface area contributed by atoms with Gasteiger partial charge in [0.05, 0.1) is 0 Å². The van der Waals surface area contributed by atoms with Crippen molar-refractivity contribution in [2.75, 3.05) is 13.1 Å². The van der Waals surface area contributed by atoms with E-state index < -0.39 is 0 Å². The summed E-state index contributed by atoms with van der Waals surface area (Å²) in [7, 11) is 0. The average molecular weight is 182 g/mol. The lowest BCUT2D eigenvalue weighted by atomic mass is 9.94. The minimum absolute atomic E-state index is 0.00486. The van der Waals surface area contributed by atoms with Gasteiger partial charge < -0.3 is 4.90 Å². The second kappa shape index (κ2) is 3.69. The largest absolute Gasteiger partial charge is 0.360 e. The molecule has 0 amide bonds. The number of nitrogens with zero attached hydrogens (tertiary/aromatic N) is 1. The Balaban J connectivity index is 2.48. The molecule has 0 aliphatic heterocycles. The summed E-state index contributed by atoms with van der Waals surface area (Å²) >= 11 is 0. The highest BCUT2D eigenvalue weighted by Crippen LogP contribution is 2.31. The van der Waals surface area contributed by atoms with Crippen LogP contribution in [0.15, 0.2) is 0 Å². The second-order valence-electron chi connectivity index (χ2n) is 5.08. The zero-order chi connectivity index (χ0) is 10.1. The normalized spacial score (nSPS) is 17.2. The Labute approximate surface area is 81.8 Å². The van der Waals surface area contributed by atoms with Gasteiger partial charge in [-0.3, -0.25) is 5.41 Å². The van der Waals surface area contributed by atoms with Gasteiger partial charge in [-0.25, -0.2) is 0 Å². The summed E-state index contributed by atoms with van der Waals surface area (Å²) in [4.78, 5) is 2.22. The summed E-state index contributed by atoms with van der Waals surface area (Å²) in [5, 5.41) is 8.04. The van der Waals surface area contributed by atoms with Crippen molar-refractivity contribution in [1.82, 2.24) is 4.90 Å². The van der Waals surface area contributed by atoms with Crippen LogP contribution >= 0.6 is 0 Å². The molecule has 2 heteroatoms. The molecule has 1 rings (SSSR count). The van der Waals surface area contributed by atoms with E-state index in [1.807, 2.05) is 0 Å². The fraction of sp³-hybridized carbons (Fsp3) is 0.909.